The van der Waals surface area contributed by atoms with Crippen LogP contribution in [-0.4, -0.2) is 52.4 Å². The van der Waals surface area contributed by atoms with Gasteiger partial charge in [0.15, 0.2) is 5.96 Å². The van der Waals surface area contributed by atoms with Gasteiger partial charge in [-0.3, -0.25) is 4.79 Å². The Hall–Kier alpha value is -2.13. The van der Waals surface area contributed by atoms with Gasteiger partial charge in [-0.1, -0.05) is 57.6 Å². The second-order valence-electron chi connectivity index (χ2n) is 7.54. The molecule has 1 aromatic carbocycles. The molecule has 1 rings (SSSR count). The topological polar surface area (TPSA) is 117 Å². The van der Waals surface area contributed by atoms with Crippen LogP contribution in [0.15, 0.2) is 34.2 Å². The fraction of sp³-hybridized carbons (Fsp3) is 0.619. The highest BCUT2D eigenvalue weighted by molar-refractivity contribution is 7.89. The number of hydrogen-bond donors (Lipinski definition) is 3. The molecule has 4 N–H and O–H groups in total. The maximum absolute atomic E-state index is 11.9. The van der Waals surface area contributed by atoms with Gasteiger partial charge in [0.25, 0.3) is 0 Å². The number of guanidine groups is 1. The monoisotopic (exact) mass is 439 g/mol. The van der Waals surface area contributed by atoms with E-state index in [4.69, 9.17) is 5.14 Å². The summed E-state index contributed by atoms with van der Waals surface area (Å²) in [5.41, 5.74) is 0.846. The summed E-state index contributed by atoms with van der Waals surface area (Å²) in [6.45, 7) is 3.50. The number of primary sulfonamides is 1. The van der Waals surface area contributed by atoms with Gasteiger partial charge in [0.1, 0.15) is 0 Å². The zero-order valence-corrected chi connectivity index (χ0v) is 19.3. The van der Waals surface area contributed by atoms with Gasteiger partial charge in [0, 0.05) is 20.6 Å². The molecular formula is C21H37N5O3S. The number of nitrogens with one attached hydrogen (secondary N) is 2. The van der Waals surface area contributed by atoms with Crippen LogP contribution in [0.4, 0.5) is 0 Å². The lowest BCUT2D eigenvalue weighted by Gasteiger charge is -2.15. The third-order valence-corrected chi connectivity index (χ3v) is 5.58. The van der Waals surface area contributed by atoms with Gasteiger partial charge in [-0.05, 0) is 24.1 Å². The molecule has 1 aromatic rings. The molecule has 0 aliphatic rings. The SMILES string of the molecule is CCCCCCCCCNC(=NCc1ccc(S(N)(=O)=O)cc1)NCC(=O)N(C)C. The standard InChI is InChI=1S/C21H37N5O3S/c1-4-5-6-7-8-9-10-15-23-21(25-17-20(27)26(2)3)24-16-18-11-13-19(14-12-18)30(22,28)29/h11-14H,4-10,15-17H2,1-3H3,(H2,22,28,29)(H2,23,24,25). The van der Waals surface area contributed by atoms with Crippen molar-refractivity contribution >= 4 is 21.9 Å². The number of aliphatic imine (C=N–C) groups is 1. The number of nitrogens with two attached hydrogens (primary N) is 1. The van der Waals surface area contributed by atoms with E-state index in [1.807, 2.05) is 0 Å². The van der Waals surface area contributed by atoms with E-state index in [-0.39, 0.29) is 17.3 Å². The first-order valence-electron chi connectivity index (χ1n) is 10.6. The van der Waals surface area contributed by atoms with Crippen LogP contribution in [0.1, 0.15) is 57.4 Å². The molecule has 0 saturated carbocycles. The predicted octanol–water partition coefficient (Wildman–Crippen LogP) is 2.21. The van der Waals surface area contributed by atoms with Crippen LogP contribution >= 0.6 is 0 Å². The van der Waals surface area contributed by atoms with E-state index < -0.39 is 10.0 Å². The summed E-state index contributed by atoms with van der Waals surface area (Å²) in [6.07, 6.45) is 8.57. The van der Waals surface area contributed by atoms with Gasteiger partial charge in [-0.2, -0.15) is 0 Å². The van der Waals surface area contributed by atoms with E-state index in [0.29, 0.717) is 12.5 Å². The Labute approximate surface area is 181 Å². The van der Waals surface area contributed by atoms with E-state index >= 15 is 0 Å². The number of carbonyl (C=O) groups is 1. The van der Waals surface area contributed by atoms with Crippen LogP contribution in [0, 0.1) is 0 Å². The molecule has 0 fully saturated rings. The van der Waals surface area contributed by atoms with Crippen molar-refractivity contribution in [2.45, 2.75) is 63.3 Å². The smallest absolute Gasteiger partial charge is 0.241 e. The molecule has 0 heterocycles. The lowest BCUT2D eigenvalue weighted by atomic mass is 10.1. The second-order valence-corrected chi connectivity index (χ2v) is 9.11. The van der Waals surface area contributed by atoms with Crippen molar-refractivity contribution in [1.82, 2.24) is 15.5 Å². The van der Waals surface area contributed by atoms with Crippen LogP contribution in [0.3, 0.4) is 0 Å². The molecule has 30 heavy (non-hydrogen) atoms. The molecule has 0 aromatic heterocycles. The highest BCUT2D eigenvalue weighted by Crippen LogP contribution is 2.09. The Morgan fingerprint density at radius 3 is 2.17 bits per heavy atom. The molecule has 8 nitrogen and oxygen atoms in total. The molecule has 0 radical (unpaired) electrons. The molecule has 0 spiro atoms. The second kappa shape index (κ2) is 14.0. The number of nitrogens with zero attached hydrogens (tertiary/aromatic N) is 2. The number of carbonyl (C=O) groups excluding carboxylic acids is 1. The van der Waals surface area contributed by atoms with Crippen LogP contribution in [-0.2, 0) is 21.4 Å². The predicted molar refractivity (Wildman–Crippen MR) is 122 cm³/mol. The van der Waals surface area contributed by atoms with Crippen molar-refractivity contribution in [1.29, 1.82) is 0 Å². The minimum absolute atomic E-state index is 0.0436. The average Bonchev–Trinajstić information content (AvgIpc) is 2.70. The number of rotatable bonds is 13. The quantitative estimate of drug-likeness (QED) is 0.247. The van der Waals surface area contributed by atoms with E-state index in [9.17, 15) is 13.2 Å². The molecule has 0 bridgehead atoms. The summed E-state index contributed by atoms with van der Waals surface area (Å²) in [7, 11) is -0.289. The number of benzene rings is 1. The Bertz CT molecular complexity index is 761. The van der Waals surface area contributed by atoms with Crippen LogP contribution in [0.2, 0.25) is 0 Å². The van der Waals surface area contributed by atoms with E-state index in [2.05, 4.69) is 22.5 Å². The van der Waals surface area contributed by atoms with Gasteiger partial charge in [0.2, 0.25) is 15.9 Å². The molecule has 0 aliphatic heterocycles. The lowest BCUT2D eigenvalue weighted by Crippen LogP contribution is -2.43. The molecule has 0 atom stereocenters. The summed E-state index contributed by atoms with van der Waals surface area (Å²) < 4.78 is 22.7. The number of unbranched alkanes of at least 4 members (excludes halogenated alkanes) is 6. The number of hydrogen-bond acceptors (Lipinski definition) is 4. The largest absolute Gasteiger partial charge is 0.356 e. The van der Waals surface area contributed by atoms with Gasteiger partial charge >= 0.3 is 0 Å². The highest BCUT2D eigenvalue weighted by Gasteiger charge is 2.08. The van der Waals surface area contributed by atoms with Crippen molar-refractivity contribution in [3.8, 4) is 0 Å². The number of sulfonamides is 1. The van der Waals surface area contributed by atoms with Crippen molar-refractivity contribution in [2.75, 3.05) is 27.2 Å². The molecule has 170 valence electrons. The zero-order chi connectivity index (χ0) is 22.4. The number of amides is 1. The molecule has 0 aliphatic carbocycles. The summed E-state index contributed by atoms with van der Waals surface area (Å²) >= 11 is 0. The minimum atomic E-state index is -3.71. The van der Waals surface area contributed by atoms with E-state index in [0.717, 1.165) is 24.9 Å². The Kier molecular flexibility index (Phi) is 12.1. The summed E-state index contributed by atoms with van der Waals surface area (Å²) in [5.74, 6) is 0.518. The highest BCUT2D eigenvalue weighted by atomic mass is 32.2. The molecule has 0 unspecified atom stereocenters. The normalized spacial score (nSPS) is 11.9. The fourth-order valence-corrected chi connectivity index (χ4v) is 3.25. The van der Waals surface area contributed by atoms with E-state index in [1.54, 1.807) is 26.2 Å². The van der Waals surface area contributed by atoms with Gasteiger partial charge in [-0.25, -0.2) is 18.5 Å². The van der Waals surface area contributed by atoms with E-state index in [1.165, 1.54) is 49.1 Å². The molecule has 0 saturated heterocycles. The molecule has 1 amide bonds. The summed E-state index contributed by atoms with van der Waals surface area (Å²) in [6, 6.07) is 6.30. The molecular weight excluding hydrogens is 402 g/mol. The van der Waals surface area contributed by atoms with Crippen molar-refractivity contribution in [3.63, 3.8) is 0 Å². The van der Waals surface area contributed by atoms with Crippen LogP contribution in [0.5, 0.6) is 0 Å². The number of likely N-dealkylation sites (N-methyl/N-ethyl adjacent to an activating group) is 1. The first-order chi connectivity index (χ1) is 14.2. The van der Waals surface area contributed by atoms with Gasteiger partial charge in [-0.15, -0.1) is 0 Å². The summed E-state index contributed by atoms with van der Waals surface area (Å²) in [4.78, 5) is 18.0. The van der Waals surface area contributed by atoms with Crippen LogP contribution in [0.25, 0.3) is 0 Å². The van der Waals surface area contributed by atoms with Gasteiger partial charge < -0.3 is 15.5 Å². The fourth-order valence-electron chi connectivity index (χ4n) is 2.74. The third kappa shape index (κ3) is 11.2. The third-order valence-electron chi connectivity index (χ3n) is 4.65. The first-order valence-corrected chi connectivity index (χ1v) is 12.1. The Morgan fingerprint density at radius 2 is 1.60 bits per heavy atom. The average molecular weight is 440 g/mol. The van der Waals surface area contributed by atoms with Crippen molar-refractivity contribution in [3.05, 3.63) is 29.8 Å². The maximum atomic E-state index is 11.9. The first kappa shape index (κ1) is 25.9. The lowest BCUT2D eigenvalue weighted by molar-refractivity contribution is -0.127. The summed E-state index contributed by atoms with van der Waals surface area (Å²) in [5, 5.41) is 11.5. The zero-order valence-electron chi connectivity index (χ0n) is 18.5. The van der Waals surface area contributed by atoms with Crippen molar-refractivity contribution in [2.24, 2.45) is 10.1 Å². The Morgan fingerprint density at radius 1 is 1.00 bits per heavy atom. The Balaban J connectivity index is 2.58. The van der Waals surface area contributed by atoms with Crippen LogP contribution < -0.4 is 15.8 Å². The molecule has 9 heteroatoms. The maximum Gasteiger partial charge on any atom is 0.241 e. The minimum Gasteiger partial charge on any atom is -0.356 e. The van der Waals surface area contributed by atoms with Crippen molar-refractivity contribution < 1.29 is 13.2 Å². The van der Waals surface area contributed by atoms with Gasteiger partial charge in [0.05, 0.1) is 18.0 Å².